The summed E-state index contributed by atoms with van der Waals surface area (Å²) in [6.45, 7) is 3.13. The summed E-state index contributed by atoms with van der Waals surface area (Å²) in [5, 5.41) is 12.4. The average molecular weight is 192 g/mol. The van der Waals surface area contributed by atoms with Crippen LogP contribution in [0.25, 0.3) is 0 Å². The predicted molar refractivity (Wildman–Crippen MR) is 56.2 cm³/mol. The van der Waals surface area contributed by atoms with Gasteiger partial charge in [0.05, 0.1) is 0 Å². The fraction of sp³-hybridized carbons (Fsp3) is 0.455. The van der Waals surface area contributed by atoms with Crippen LogP contribution in [0.5, 0.6) is 5.75 Å². The lowest BCUT2D eigenvalue weighted by Gasteiger charge is -2.35. The molecular formula is C11H16N2O. The van der Waals surface area contributed by atoms with Crippen molar-refractivity contribution in [3.05, 3.63) is 29.8 Å². The Balaban J connectivity index is 1.92. The van der Waals surface area contributed by atoms with Crippen molar-refractivity contribution in [3.8, 4) is 5.75 Å². The van der Waals surface area contributed by atoms with Gasteiger partial charge >= 0.3 is 0 Å². The molecule has 1 heterocycles. The summed E-state index contributed by atoms with van der Waals surface area (Å²) >= 11 is 0. The van der Waals surface area contributed by atoms with Crippen LogP contribution in [0, 0.1) is 0 Å². The molecule has 1 aromatic rings. The van der Waals surface area contributed by atoms with Crippen molar-refractivity contribution in [2.75, 3.05) is 20.1 Å². The second kappa shape index (κ2) is 3.98. The van der Waals surface area contributed by atoms with Gasteiger partial charge in [0, 0.05) is 25.7 Å². The van der Waals surface area contributed by atoms with Crippen LogP contribution < -0.4 is 5.32 Å². The number of hydrogen-bond donors (Lipinski definition) is 2. The van der Waals surface area contributed by atoms with Gasteiger partial charge in [0.15, 0.2) is 0 Å². The molecule has 0 bridgehead atoms. The molecule has 1 fully saturated rings. The molecule has 0 aliphatic carbocycles. The second-order valence-electron chi connectivity index (χ2n) is 3.89. The van der Waals surface area contributed by atoms with Gasteiger partial charge in [-0.3, -0.25) is 4.90 Å². The molecule has 14 heavy (non-hydrogen) atoms. The third-order valence-electron chi connectivity index (χ3n) is 2.75. The Bertz CT molecular complexity index is 293. The summed E-state index contributed by atoms with van der Waals surface area (Å²) in [5.74, 6) is 0.335. The number of benzene rings is 1. The summed E-state index contributed by atoms with van der Waals surface area (Å²) in [6.07, 6.45) is 0. The maximum absolute atomic E-state index is 9.13. The van der Waals surface area contributed by atoms with E-state index in [9.17, 15) is 0 Å². The van der Waals surface area contributed by atoms with Gasteiger partial charge in [-0.2, -0.15) is 0 Å². The van der Waals surface area contributed by atoms with Crippen molar-refractivity contribution in [1.82, 2.24) is 10.2 Å². The molecule has 1 aromatic carbocycles. The van der Waals surface area contributed by atoms with E-state index in [1.165, 1.54) is 5.56 Å². The van der Waals surface area contributed by atoms with Crippen molar-refractivity contribution in [3.63, 3.8) is 0 Å². The fourth-order valence-electron chi connectivity index (χ4n) is 1.60. The van der Waals surface area contributed by atoms with Gasteiger partial charge in [0.25, 0.3) is 0 Å². The number of rotatable bonds is 3. The van der Waals surface area contributed by atoms with E-state index in [1.54, 1.807) is 12.1 Å². The molecule has 2 rings (SSSR count). The maximum Gasteiger partial charge on any atom is 0.115 e. The summed E-state index contributed by atoms with van der Waals surface area (Å²) in [7, 11) is 2.14. The standard InChI is InChI=1S/C11H16N2O/c1-13(10-6-12-7-10)8-9-2-4-11(14)5-3-9/h2-5,10,12,14H,6-8H2,1H3. The minimum atomic E-state index is 0.335. The lowest BCUT2D eigenvalue weighted by atomic mass is 10.1. The largest absolute Gasteiger partial charge is 0.508 e. The molecule has 76 valence electrons. The number of aromatic hydroxyl groups is 1. The van der Waals surface area contributed by atoms with Crippen LogP contribution in [0.15, 0.2) is 24.3 Å². The molecule has 0 saturated carbocycles. The molecule has 0 amide bonds. The van der Waals surface area contributed by atoms with Crippen molar-refractivity contribution in [2.24, 2.45) is 0 Å². The van der Waals surface area contributed by atoms with Gasteiger partial charge in [-0.25, -0.2) is 0 Å². The van der Waals surface area contributed by atoms with Gasteiger partial charge in [-0.05, 0) is 24.7 Å². The minimum absolute atomic E-state index is 0.335. The zero-order valence-corrected chi connectivity index (χ0v) is 8.40. The van der Waals surface area contributed by atoms with Crippen LogP contribution in [0.4, 0.5) is 0 Å². The SMILES string of the molecule is CN(Cc1ccc(O)cc1)C1CNC1. The van der Waals surface area contributed by atoms with Crippen LogP contribution in [-0.2, 0) is 6.54 Å². The van der Waals surface area contributed by atoms with E-state index in [0.29, 0.717) is 11.8 Å². The molecule has 1 aliphatic rings. The highest BCUT2D eigenvalue weighted by molar-refractivity contribution is 5.25. The van der Waals surface area contributed by atoms with Crippen LogP contribution in [0.3, 0.4) is 0 Å². The van der Waals surface area contributed by atoms with Gasteiger partial charge in [-0.15, -0.1) is 0 Å². The summed E-state index contributed by atoms with van der Waals surface area (Å²) in [4.78, 5) is 2.34. The molecule has 0 atom stereocenters. The lowest BCUT2D eigenvalue weighted by molar-refractivity contribution is 0.173. The molecule has 3 heteroatoms. The summed E-state index contributed by atoms with van der Waals surface area (Å²) in [6, 6.07) is 8.09. The molecule has 1 saturated heterocycles. The van der Waals surface area contributed by atoms with E-state index in [4.69, 9.17) is 5.11 Å². The Morgan fingerprint density at radius 3 is 2.50 bits per heavy atom. The highest BCUT2D eigenvalue weighted by Gasteiger charge is 2.20. The summed E-state index contributed by atoms with van der Waals surface area (Å²) < 4.78 is 0. The van der Waals surface area contributed by atoms with Crippen molar-refractivity contribution < 1.29 is 5.11 Å². The fourth-order valence-corrected chi connectivity index (χ4v) is 1.60. The zero-order valence-electron chi connectivity index (χ0n) is 8.40. The number of nitrogens with zero attached hydrogens (tertiary/aromatic N) is 1. The second-order valence-corrected chi connectivity index (χ2v) is 3.89. The molecule has 2 N–H and O–H groups in total. The number of phenols is 1. The third-order valence-corrected chi connectivity index (χ3v) is 2.75. The van der Waals surface area contributed by atoms with Crippen molar-refractivity contribution >= 4 is 0 Å². The van der Waals surface area contributed by atoms with Crippen molar-refractivity contribution in [2.45, 2.75) is 12.6 Å². The van der Waals surface area contributed by atoms with E-state index >= 15 is 0 Å². The summed E-state index contributed by atoms with van der Waals surface area (Å²) in [5.41, 5.74) is 1.25. The molecule has 1 aliphatic heterocycles. The molecule has 0 radical (unpaired) electrons. The molecule has 0 aromatic heterocycles. The molecule has 3 nitrogen and oxygen atoms in total. The molecular weight excluding hydrogens is 176 g/mol. The van der Waals surface area contributed by atoms with Gasteiger partial charge < -0.3 is 10.4 Å². The van der Waals surface area contributed by atoms with E-state index in [0.717, 1.165) is 19.6 Å². The number of phenolic OH excluding ortho intramolecular Hbond substituents is 1. The first kappa shape index (κ1) is 9.49. The third kappa shape index (κ3) is 2.05. The van der Waals surface area contributed by atoms with Gasteiger partial charge in [0.2, 0.25) is 0 Å². The predicted octanol–water partition coefficient (Wildman–Crippen LogP) is 0.796. The Morgan fingerprint density at radius 2 is 2.00 bits per heavy atom. The first-order chi connectivity index (χ1) is 6.75. The quantitative estimate of drug-likeness (QED) is 0.743. The Hall–Kier alpha value is -1.06. The number of nitrogens with one attached hydrogen (secondary N) is 1. The van der Waals surface area contributed by atoms with Gasteiger partial charge in [0.1, 0.15) is 5.75 Å². The minimum Gasteiger partial charge on any atom is -0.508 e. The van der Waals surface area contributed by atoms with Crippen LogP contribution >= 0.6 is 0 Å². The van der Waals surface area contributed by atoms with Gasteiger partial charge in [-0.1, -0.05) is 12.1 Å². The van der Waals surface area contributed by atoms with E-state index in [1.807, 2.05) is 12.1 Å². The molecule has 0 spiro atoms. The Labute approximate surface area is 84.4 Å². The average Bonchev–Trinajstić information content (AvgIpc) is 2.06. The monoisotopic (exact) mass is 192 g/mol. The number of likely N-dealkylation sites (N-methyl/N-ethyl adjacent to an activating group) is 1. The lowest BCUT2D eigenvalue weighted by Crippen LogP contribution is -2.55. The topological polar surface area (TPSA) is 35.5 Å². The zero-order chi connectivity index (χ0) is 9.97. The first-order valence-electron chi connectivity index (χ1n) is 4.94. The van der Waals surface area contributed by atoms with E-state index in [2.05, 4.69) is 17.3 Å². The Morgan fingerprint density at radius 1 is 1.36 bits per heavy atom. The highest BCUT2D eigenvalue weighted by atomic mass is 16.3. The Kier molecular flexibility index (Phi) is 2.70. The number of hydrogen-bond acceptors (Lipinski definition) is 3. The van der Waals surface area contributed by atoms with E-state index in [-0.39, 0.29) is 0 Å². The van der Waals surface area contributed by atoms with Crippen LogP contribution in [0.1, 0.15) is 5.56 Å². The first-order valence-corrected chi connectivity index (χ1v) is 4.94. The molecule has 0 unspecified atom stereocenters. The highest BCUT2D eigenvalue weighted by Crippen LogP contribution is 2.13. The normalized spacial score (nSPS) is 17.0. The van der Waals surface area contributed by atoms with Crippen LogP contribution in [-0.4, -0.2) is 36.2 Å². The van der Waals surface area contributed by atoms with Crippen molar-refractivity contribution in [1.29, 1.82) is 0 Å². The smallest absolute Gasteiger partial charge is 0.115 e. The van der Waals surface area contributed by atoms with Crippen LogP contribution in [0.2, 0.25) is 0 Å². The maximum atomic E-state index is 9.13. The van der Waals surface area contributed by atoms with E-state index < -0.39 is 0 Å².